The second-order valence-corrected chi connectivity index (χ2v) is 5.06. The molecule has 0 fully saturated rings. The van der Waals surface area contributed by atoms with Crippen molar-refractivity contribution in [2.45, 2.75) is 45.3 Å². The quantitative estimate of drug-likeness (QED) is 0.726. The van der Waals surface area contributed by atoms with E-state index < -0.39 is 30.2 Å². The van der Waals surface area contributed by atoms with E-state index in [1.54, 1.807) is 20.8 Å². The number of hydrogen-bond acceptors (Lipinski definition) is 2. The van der Waals surface area contributed by atoms with E-state index in [9.17, 15) is 17.7 Å². The van der Waals surface area contributed by atoms with Crippen LogP contribution in [0.3, 0.4) is 0 Å². The third-order valence-electron chi connectivity index (χ3n) is 2.31. The number of carbonyl (C=O) groups excluding carboxylic acids is 1. The van der Waals surface area contributed by atoms with Crippen molar-refractivity contribution in [1.29, 1.82) is 0 Å². The van der Waals surface area contributed by atoms with Crippen molar-refractivity contribution in [1.82, 2.24) is 5.32 Å². The fourth-order valence-corrected chi connectivity index (χ4v) is 1.69. The Kier molecular flexibility index (Phi) is 6.97. The first-order chi connectivity index (χ1) is 7.59. The van der Waals surface area contributed by atoms with Crippen LogP contribution in [0.25, 0.3) is 0 Å². The van der Waals surface area contributed by atoms with Crippen molar-refractivity contribution < 1.29 is 73.9 Å². The minimum atomic E-state index is -5.04. The minimum absolute atomic E-state index is 0. The van der Waals surface area contributed by atoms with Crippen LogP contribution >= 0.6 is 0 Å². The minimum Gasteiger partial charge on any atom is -0.445 e. The van der Waals surface area contributed by atoms with Gasteiger partial charge in [0.1, 0.15) is 5.60 Å². The molecule has 0 spiro atoms. The van der Waals surface area contributed by atoms with Crippen molar-refractivity contribution in [3.63, 3.8) is 0 Å². The number of nitrogens with one attached hydrogen (secondary N) is 1. The number of alkyl carbamates (subject to hydrolysis) is 1. The zero-order valence-corrected chi connectivity index (χ0v) is 14.2. The number of halogens is 3. The van der Waals surface area contributed by atoms with Crippen LogP contribution in [0, 0.1) is 0 Å². The molecule has 1 unspecified atom stereocenters. The number of hydrogen-bond donors (Lipinski definition) is 1. The molecule has 0 aromatic heterocycles. The summed E-state index contributed by atoms with van der Waals surface area (Å²) < 4.78 is 42.7. The molecule has 1 amide bonds. The molecule has 1 aliphatic carbocycles. The molecule has 0 heterocycles. The molecular weight excluding hydrogens is 273 g/mol. The maximum atomic E-state index is 12.6. The molecule has 1 aliphatic rings. The topological polar surface area (TPSA) is 38.3 Å². The van der Waals surface area contributed by atoms with Gasteiger partial charge in [-0.2, -0.15) is 0 Å². The number of amides is 1. The van der Waals surface area contributed by atoms with Crippen LogP contribution in [0.15, 0.2) is 11.5 Å². The van der Waals surface area contributed by atoms with Crippen molar-refractivity contribution in [2.75, 3.05) is 0 Å². The van der Waals surface area contributed by atoms with Gasteiger partial charge in [0.15, 0.2) is 0 Å². The van der Waals surface area contributed by atoms with Crippen molar-refractivity contribution in [3.05, 3.63) is 11.5 Å². The molecular formula is C10H16BF3KNO2. The average Bonchev–Trinajstić information content (AvgIpc) is 2.46. The molecule has 1 N–H and O–H groups in total. The molecule has 98 valence electrons. The molecule has 1 rings (SSSR count). The summed E-state index contributed by atoms with van der Waals surface area (Å²) in [4.78, 5) is 11.4. The van der Waals surface area contributed by atoms with Gasteiger partial charge in [-0.1, -0.05) is 0 Å². The Labute approximate surface area is 147 Å². The average molecular weight is 289 g/mol. The van der Waals surface area contributed by atoms with Crippen molar-refractivity contribution in [2.24, 2.45) is 0 Å². The van der Waals surface area contributed by atoms with Gasteiger partial charge in [0, 0.05) is 6.04 Å². The molecule has 0 saturated carbocycles. The van der Waals surface area contributed by atoms with Gasteiger partial charge in [-0.05, 0) is 33.6 Å². The van der Waals surface area contributed by atoms with Crippen molar-refractivity contribution >= 4 is 13.1 Å². The van der Waals surface area contributed by atoms with E-state index >= 15 is 0 Å². The van der Waals surface area contributed by atoms with E-state index in [1.807, 2.05) is 0 Å². The molecule has 0 bridgehead atoms. The first-order valence-electron chi connectivity index (χ1n) is 5.49. The van der Waals surface area contributed by atoms with Gasteiger partial charge < -0.3 is 23.0 Å². The molecule has 18 heavy (non-hydrogen) atoms. The van der Waals surface area contributed by atoms with Crippen LogP contribution < -0.4 is 56.7 Å². The van der Waals surface area contributed by atoms with Gasteiger partial charge in [0.2, 0.25) is 0 Å². The maximum absolute atomic E-state index is 12.6. The van der Waals surface area contributed by atoms with Gasteiger partial charge in [-0.25, -0.2) is 4.79 Å². The normalized spacial score (nSPS) is 19.9. The number of allylic oxidation sites excluding steroid dienone is 1. The number of rotatable bonds is 2. The molecule has 0 saturated heterocycles. The Morgan fingerprint density at radius 2 is 2.00 bits per heavy atom. The summed E-state index contributed by atoms with van der Waals surface area (Å²) in [6, 6.07) is -0.968. The van der Waals surface area contributed by atoms with Crippen LogP contribution in [0.4, 0.5) is 17.7 Å². The summed E-state index contributed by atoms with van der Waals surface area (Å²) in [5, 5.41) is 2.26. The maximum Gasteiger partial charge on any atom is 1.00 e. The van der Waals surface area contributed by atoms with E-state index in [1.165, 1.54) is 0 Å². The standard InChI is InChI=1S/C10H16BF3NO2.K/c1-10(2,3)17-9(16)15-8-6-4-5-7(8)11(12,13)14;/h5,8H,4,6H2,1-3H3,(H,15,16);/q-1;+1. The predicted molar refractivity (Wildman–Crippen MR) is 59.6 cm³/mol. The number of carbonyl (C=O) groups is 1. The monoisotopic (exact) mass is 289 g/mol. The Hall–Kier alpha value is 0.501. The fourth-order valence-electron chi connectivity index (χ4n) is 1.69. The van der Waals surface area contributed by atoms with Gasteiger partial charge >= 0.3 is 64.5 Å². The van der Waals surface area contributed by atoms with Crippen LogP contribution in [0.2, 0.25) is 0 Å². The van der Waals surface area contributed by atoms with Crippen LogP contribution in [-0.4, -0.2) is 24.7 Å². The molecule has 0 aromatic rings. The van der Waals surface area contributed by atoms with E-state index in [0.29, 0.717) is 6.42 Å². The molecule has 0 aromatic carbocycles. The van der Waals surface area contributed by atoms with Crippen molar-refractivity contribution in [3.8, 4) is 0 Å². The zero-order valence-electron chi connectivity index (χ0n) is 11.1. The third kappa shape index (κ3) is 6.10. The summed E-state index contributed by atoms with van der Waals surface area (Å²) in [5.41, 5.74) is -1.34. The Morgan fingerprint density at radius 3 is 2.44 bits per heavy atom. The van der Waals surface area contributed by atoms with Gasteiger partial charge in [-0.15, -0.1) is 11.5 Å². The molecule has 1 atom stereocenters. The van der Waals surface area contributed by atoms with Crippen LogP contribution in [0.5, 0.6) is 0 Å². The summed E-state index contributed by atoms with van der Waals surface area (Å²) in [6.45, 7) is -0.0606. The molecule has 0 radical (unpaired) electrons. The number of ether oxygens (including phenoxy) is 1. The fraction of sp³-hybridized carbons (Fsp3) is 0.700. The van der Waals surface area contributed by atoms with Gasteiger partial charge in [0.25, 0.3) is 0 Å². The van der Waals surface area contributed by atoms with E-state index in [4.69, 9.17) is 4.74 Å². The Bertz CT molecular complexity index is 339. The Balaban J connectivity index is 0.00000289. The summed E-state index contributed by atoms with van der Waals surface area (Å²) >= 11 is 0. The molecule has 0 aliphatic heterocycles. The van der Waals surface area contributed by atoms with Crippen LogP contribution in [0.1, 0.15) is 33.6 Å². The second kappa shape index (κ2) is 6.79. The second-order valence-electron chi connectivity index (χ2n) is 5.06. The first kappa shape index (κ1) is 18.5. The van der Waals surface area contributed by atoms with E-state index in [-0.39, 0.29) is 57.8 Å². The van der Waals surface area contributed by atoms with Crippen LogP contribution in [-0.2, 0) is 4.74 Å². The summed E-state index contributed by atoms with van der Waals surface area (Å²) in [7, 11) is 0. The van der Waals surface area contributed by atoms with Gasteiger partial charge in [-0.3, -0.25) is 0 Å². The molecule has 8 heteroatoms. The first-order valence-corrected chi connectivity index (χ1v) is 5.49. The summed E-state index contributed by atoms with van der Waals surface area (Å²) in [5.74, 6) is 0. The smallest absolute Gasteiger partial charge is 0.445 e. The predicted octanol–water partition coefficient (Wildman–Crippen LogP) is -0.00950. The zero-order chi connectivity index (χ0) is 13.3. The summed E-state index contributed by atoms with van der Waals surface area (Å²) in [6.07, 6.45) is 0.935. The largest absolute Gasteiger partial charge is 1.00 e. The van der Waals surface area contributed by atoms with Gasteiger partial charge in [0.05, 0.1) is 0 Å². The Morgan fingerprint density at radius 1 is 1.44 bits per heavy atom. The SMILES string of the molecule is CC(C)(C)OC(=O)NC1CCC=C1[B-](F)(F)F.[K+]. The third-order valence-corrected chi connectivity index (χ3v) is 2.31. The molecule has 3 nitrogen and oxygen atoms in total. The van der Waals surface area contributed by atoms with E-state index in [0.717, 1.165) is 6.08 Å². The van der Waals surface area contributed by atoms with E-state index in [2.05, 4.69) is 5.32 Å².